The van der Waals surface area contributed by atoms with Crippen molar-refractivity contribution in [2.75, 3.05) is 11.9 Å². The second-order valence-electron chi connectivity index (χ2n) is 5.26. The predicted octanol–water partition coefficient (Wildman–Crippen LogP) is 3.35. The van der Waals surface area contributed by atoms with E-state index in [0.29, 0.717) is 11.3 Å². The van der Waals surface area contributed by atoms with Gasteiger partial charge < -0.3 is 10.6 Å². The number of carbonyl (C=O) groups excluding carboxylic acids is 2. The molecule has 3 rings (SSSR count). The standard InChI is InChI=1S/C19H15FN2O2/c20-14-8-10-15(11-9-14)22-18(23)12-21-19(24)17-7-3-5-13-4-1-2-6-16(13)17/h1-11H,12H2,(H,21,24)(H,22,23). The molecule has 0 saturated carbocycles. The van der Waals surface area contributed by atoms with E-state index in [9.17, 15) is 14.0 Å². The van der Waals surface area contributed by atoms with Crippen LogP contribution in [0.25, 0.3) is 10.8 Å². The fraction of sp³-hybridized carbons (Fsp3) is 0.0526. The molecular weight excluding hydrogens is 307 g/mol. The van der Waals surface area contributed by atoms with Gasteiger partial charge in [0.25, 0.3) is 5.91 Å². The molecule has 0 spiro atoms. The molecule has 3 aromatic carbocycles. The van der Waals surface area contributed by atoms with Gasteiger partial charge in [0.2, 0.25) is 5.91 Å². The monoisotopic (exact) mass is 322 g/mol. The number of nitrogens with one attached hydrogen (secondary N) is 2. The van der Waals surface area contributed by atoms with Crippen LogP contribution in [0.5, 0.6) is 0 Å². The molecule has 24 heavy (non-hydrogen) atoms. The molecule has 0 aliphatic rings. The molecule has 3 aromatic rings. The van der Waals surface area contributed by atoms with E-state index >= 15 is 0 Å². The number of amides is 2. The lowest BCUT2D eigenvalue weighted by molar-refractivity contribution is -0.115. The minimum Gasteiger partial charge on any atom is -0.343 e. The van der Waals surface area contributed by atoms with Gasteiger partial charge in [-0.2, -0.15) is 0 Å². The molecule has 2 amide bonds. The summed E-state index contributed by atoms with van der Waals surface area (Å²) in [6, 6.07) is 18.4. The molecule has 0 aromatic heterocycles. The maximum absolute atomic E-state index is 12.8. The first-order chi connectivity index (χ1) is 11.6. The Kier molecular flexibility index (Phi) is 4.52. The highest BCUT2D eigenvalue weighted by Gasteiger charge is 2.11. The van der Waals surface area contributed by atoms with Crippen molar-refractivity contribution in [1.82, 2.24) is 5.32 Å². The average Bonchev–Trinajstić information content (AvgIpc) is 2.61. The molecule has 0 radical (unpaired) electrons. The highest BCUT2D eigenvalue weighted by Crippen LogP contribution is 2.18. The Hall–Kier alpha value is -3.21. The number of hydrogen-bond acceptors (Lipinski definition) is 2. The van der Waals surface area contributed by atoms with Gasteiger partial charge in [0.15, 0.2) is 0 Å². The topological polar surface area (TPSA) is 58.2 Å². The first-order valence-electron chi connectivity index (χ1n) is 7.45. The van der Waals surface area contributed by atoms with Gasteiger partial charge in [-0.05, 0) is 41.1 Å². The summed E-state index contributed by atoms with van der Waals surface area (Å²) in [5.41, 5.74) is 0.989. The maximum atomic E-state index is 12.8. The maximum Gasteiger partial charge on any atom is 0.252 e. The van der Waals surface area contributed by atoms with Crippen LogP contribution in [0.3, 0.4) is 0 Å². The Bertz CT molecular complexity index is 886. The van der Waals surface area contributed by atoms with Crippen molar-refractivity contribution in [1.29, 1.82) is 0 Å². The molecular formula is C19H15FN2O2. The van der Waals surface area contributed by atoms with Crippen molar-refractivity contribution in [3.8, 4) is 0 Å². The molecule has 0 bridgehead atoms. The van der Waals surface area contributed by atoms with Crippen LogP contribution in [0.2, 0.25) is 0 Å². The molecule has 0 aliphatic heterocycles. The highest BCUT2D eigenvalue weighted by atomic mass is 19.1. The van der Waals surface area contributed by atoms with E-state index in [1.165, 1.54) is 24.3 Å². The average molecular weight is 322 g/mol. The van der Waals surface area contributed by atoms with Gasteiger partial charge in [0, 0.05) is 11.3 Å². The lowest BCUT2D eigenvalue weighted by Crippen LogP contribution is -2.32. The minimum atomic E-state index is -0.379. The van der Waals surface area contributed by atoms with Gasteiger partial charge >= 0.3 is 0 Å². The van der Waals surface area contributed by atoms with Crippen molar-refractivity contribution in [3.63, 3.8) is 0 Å². The molecule has 2 N–H and O–H groups in total. The Morgan fingerprint density at radius 2 is 1.58 bits per heavy atom. The first-order valence-corrected chi connectivity index (χ1v) is 7.45. The Balaban J connectivity index is 1.64. The Labute approximate surface area is 138 Å². The van der Waals surface area contributed by atoms with Gasteiger partial charge in [-0.15, -0.1) is 0 Å². The number of fused-ring (bicyclic) bond motifs is 1. The third kappa shape index (κ3) is 3.57. The second kappa shape index (κ2) is 6.91. The van der Waals surface area contributed by atoms with E-state index in [2.05, 4.69) is 10.6 Å². The van der Waals surface area contributed by atoms with Crippen molar-refractivity contribution < 1.29 is 14.0 Å². The summed E-state index contributed by atoms with van der Waals surface area (Å²) < 4.78 is 12.8. The van der Waals surface area contributed by atoms with Gasteiger partial charge in [-0.25, -0.2) is 4.39 Å². The van der Waals surface area contributed by atoms with E-state index in [1.807, 2.05) is 30.3 Å². The van der Waals surface area contributed by atoms with E-state index in [-0.39, 0.29) is 24.2 Å². The summed E-state index contributed by atoms with van der Waals surface area (Å²) in [7, 11) is 0. The predicted molar refractivity (Wildman–Crippen MR) is 91.3 cm³/mol. The lowest BCUT2D eigenvalue weighted by atomic mass is 10.0. The normalized spacial score (nSPS) is 10.4. The molecule has 4 nitrogen and oxygen atoms in total. The molecule has 0 atom stereocenters. The Morgan fingerprint density at radius 3 is 2.38 bits per heavy atom. The van der Waals surface area contributed by atoms with Crippen LogP contribution in [0, 0.1) is 5.82 Å². The zero-order valence-electron chi connectivity index (χ0n) is 12.8. The molecule has 0 fully saturated rings. The smallest absolute Gasteiger partial charge is 0.252 e. The first kappa shape index (κ1) is 15.7. The van der Waals surface area contributed by atoms with Crippen molar-refractivity contribution >= 4 is 28.3 Å². The SMILES string of the molecule is O=C(CNC(=O)c1cccc2ccccc12)Nc1ccc(F)cc1. The fourth-order valence-corrected chi connectivity index (χ4v) is 2.42. The van der Waals surface area contributed by atoms with Crippen LogP contribution in [0.15, 0.2) is 66.7 Å². The summed E-state index contributed by atoms with van der Waals surface area (Å²) in [4.78, 5) is 24.2. The van der Waals surface area contributed by atoms with Crippen LogP contribution in [0.4, 0.5) is 10.1 Å². The van der Waals surface area contributed by atoms with Crippen LogP contribution in [0.1, 0.15) is 10.4 Å². The van der Waals surface area contributed by atoms with Crippen molar-refractivity contribution in [2.24, 2.45) is 0 Å². The van der Waals surface area contributed by atoms with Gasteiger partial charge in [0.1, 0.15) is 5.82 Å². The zero-order chi connectivity index (χ0) is 16.9. The number of carbonyl (C=O) groups is 2. The van der Waals surface area contributed by atoms with Crippen LogP contribution in [-0.2, 0) is 4.79 Å². The number of anilines is 1. The van der Waals surface area contributed by atoms with E-state index in [0.717, 1.165) is 10.8 Å². The van der Waals surface area contributed by atoms with Gasteiger partial charge in [-0.3, -0.25) is 9.59 Å². The second-order valence-corrected chi connectivity index (χ2v) is 5.26. The van der Waals surface area contributed by atoms with Crippen LogP contribution in [-0.4, -0.2) is 18.4 Å². The van der Waals surface area contributed by atoms with Gasteiger partial charge in [-0.1, -0.05) is 36.4 Å². The molecule has 0 heterocycles. The summed E-state index contributed by atoms with van der Waals surface area (Å²) >= 11 is 0. The molecule has 0 unspecified atom stereocenters. The largest absolute Gasteiger partial charge is 0.343 e. The van der Waals surface area contributed by atoms with Crippen molar-refractivity contribution in [3.05, 3.63) is 78.1 Å². The van der Waals surface area contributed by atoms with Crippen LogP contribution < -0.4 is 10.6 Å². The van der Waals surface area contributed by atoms with E-state index < -0.39 is 0 Å². The number of benzene rings is 3. The van der Waals surface area contributed by atoms with E-state index in [1.54, 1.807) is 12.1 Å². The molecule has 0 saturated heterocycles. The molecule has 0 aliphatic carbocycles. The number of hydrogen-bond donors (Lipinski definition) is 2. The highest BCUT2D eigenvalue weighted by molar-refractivity contribution is 6.08. The third-order valence-electron chi connectivity index (χ3n) is 3.57. The fourth-order valence-electron chi connectivity index (χ4n) is 2.42. The number of halogens is 1. The summed E-state index contributed by atoms with van der Waals surface area (Å²) in [6.45, 7) is -0.167. The quantitative estimate of drug-likeness (QED) is 0.774. The number of rotatable bonds is 4. The molecule has 5 heteroatoms. The summed E-state index contributed by atoms with van der Waals surface area (Å²) in [5, 5.41) is 6.98. The summed E-state index contributed by atoms with van der Waals surface area (Å²) in [5.74, 6) is -1.08. The van der Waals surface area contributed by atoms with E-state index in [4.69, 9.17) is 0 Å². The molecule has 120 valence electrons. The third-order valence-corrected chi connectivity index (χ3v) is 3.57. The van der Waals surface area contributed by atoms with Crippen LogP contribution >= 0.6 is 0 Å². The summed E-state index contributed by atoms with van der Waals surface area (Å²) in [6.07, 6.45) is 0. The van der Waals surface area contributed by atoms with Crippen molar-refractivity contribution in [2.45, 2.75) is 0 Å². The van der Waals surface area contributed by atoms with Gasteiger partial charge in [0.05, 0.1) is 6.54 Å². The zero-order valence-corrected chi connectivity index (χ0v) is 12.8. The Morgan fingerprint density at radius 1 is 0.875 bits per heavy atom. The lowest BCUT2D eigenvalue weighted by Gasteiger charge is -2.09. The minimum absolute atomic E-state index is 0.167.